The Morgan fingerprint density at radius 1 is 1.59 bits per heavy atom. The topological polar surface area (TPSA) is 38.3 Å². The standard InChI is InChI=1S/C12H14BrNO2S/c1-16-9-2-3-11(13)10(6-9)12(15)14-8-4-5-17-7-8/h2-3,6,8H,4-5,7H2,1H3,(H,14,15). The number of thioether (sulfide) groups is 1. The molecule has 1 aliphatic heterocycles. The first-order valence-electron chi connectivity index (χ1n) is 5.43. The molecule has 1 heterocycles. The van der Waals surface area contributed by atoms with E-state index in [4.69, 9.17) is 4.74 Å². The predicted octanol–water partition coefficient (Wildman–Crippen LogP) is 2.69. The quantitative estimate of drug-likeness (QED) is 0.932. The fourth-order valence-corrected chi connectivity index (χ4v) is 3.30. The van der Waals surface area contributed by atoms with Gasteiger partial charge in [0.1, 0.15) is 5.75 Å². The van der Waals surface area contributed by atoms with E-state index >= 15 is 0 Å². The average molecular weight is 316 g/mol. The minimum Gasteiger partial charge on any atom is -0.497 e. The Morgan fingerprint density at radius 2 is 2.41 bits per heavy atom. The van der Waals surface area contributed by atoms with Crippen LogP contribution in [-0.2, 0) is 0 Å². The van der Waals surface area contributed by atoms with Gasteiger partial charge >= 0.3 is 0 Å². The average Bonchev–Trinajstić information content (AvgIpc) is 2.82. The zero-order valence-corrected chi connectivity index (χ0v) is 11.9. The van der Waals surface area contributed by atoms with Gasteiger partial charge in [-0.1, -0.05) is 0 Å². The van der Waals surface area contributed by atoms with Gasteiger partial charge in [-0.3, -0.25) is 4.79 Å². The number of carbonyl (C=O) groups is 1. The third-order valence-corrected chi connectivity index (χ3v) is 4.54. The maximum atomic E-state index is 12.1. The van der Waals surface area contributed by atoms with E-state index in [-0.39, 0.29) is 5.91 Å². The maximum Gasteiger partial charge on any atom is 0.252 e. The van der Waals surface area contributed by atoms with Gasteiger partial charge < -0.3 is 10.1 Å². The van der Waals surface area contributed by atoms with Crippen LogP contribution in [0.2, 0.25) is 0 Å². The third-order valence-electron chi connectivity index (χ3n) is 2.68. The number of carbonyl (C=O) groups excluding carboxylic acids is 1. The van der Waals surface area contributed by atoms with Crippen molar-refractivity contribution in [2.24, 2.45) is 0 Å². The lowest BCUT2D eigenvalue weighted by Crippen LogP contribution is -2.34. The number of benzene rings is 1. The van der Waals surface area contributed by atoms with Crippen molar-refractivity contribution in [1.82, 2.24) is 5.32 Å². The van der Waals surface area contributed by atoms with E-state index in [1.807, 2.05) is 23.9 Å². The third kappa shape index (κ3) is 3.16. The summed E-state index contributed by atoms with van der Waals surface area (Å²) in [5, 5.41) is 3.04. The van der Waals surface area contributed by atoms with Gasteiger partial charge in [-0.05, 0) is 46.3 Å². The first-order chi connectivity index (χ1) is 8.20. The summed E-state index contributed by atoms with van der Waals surface area (Å²) in [6.45, 7) is 0. The van der Waals surface area contributed by atoms with Gasteiger partial charge in [0.25, 0.3) is 5.91 Å². The Kier molecular flexibility index (Phi) is 4.34. The molecule has 1 N–H and O–H groups in total. The van der Waals surface area contributed by atoms with E-state index in [9.17, 15) is 4.79 Å². The predicted molar refractivity (Wildman–Crippen MR) is 73.9 cm³/mol. The van der Waals surface area contributed by atoms with Crippen molar-refractivity contribution in [2.75, 3.05) is 18.6 Å². The zero-order chi connectivity index (χ0) is 12.3. The Balaban J connectivity index is 2.11. The Hall–Kier alpha value is -0.680. The normalized spacial score (nSPS) is 19.1. The van der Waals surface area contributed by atoms with Gasteiger partial charge in [0, 0.05) is 16.3 Å². The van der Waals surface area contributed by atoms with E-state index in [1.165, 1.54) is 0 Å². The number of amides is 1. The van der Waals surface area contributed by atoms with Gasteiger partial charge in [0.15, 0.2) is 0 Å². The molecule has 1 aromatic rings. The van der Waals surface area contributed by atoms with E-state index in [0.29, 0.717) is 17.4 Å². The van der Waals surface area contributed by atoms with Crippen molar-refractivity contribution in [3.63, 3.8) is 0 Å². The van der Waals surface area contributed by atoms with Crippen LogP contribution in [0.25, 0.3) is 0 Å². The van der Waals surface area contributed by atoms with Crippen LogP contribution in [0, 0.1) is 0 Å². The molecule has 0 radical (unpaired) electrons. The molecule has 1 fully saturated rings. The summed E-state index contributed by atoms with van der Waals surface area (Å²) in [5.74, 6) is 2.79. The second kappa shape index (κ2) is 5.78. The van der Waals surface area contributed by atoms with Gasteiger partial charge in [0.2, 0.25) is 0 Å². The van der Waals surface area contributed by atoms with E-state index in [1.54, 1.807) is 13.2 Å². The van der Waals surface area contributed by atoms with E-state index in [2.05, 4.69) is 21.2 Å². The molecule has 1 saturated heterocycles. The lowest BCUT2D eigenvalue weighted by atomic mass is 10.1. The molecule has 1 amide bonds. The summed E-state index contributed by atoms with van der Waals surface area (Å²) in [5.41, 5.74) is 0.626. The molecule has 3 nitrogen and oxygen atoms in total. The van der Waals surface area contributed by atoms with Gasteiger partial charge in [-0.15, -0.1) is 0 Å². The van der Waals surface area contributed by atoms with Crippen LogP contribution in [0.1, 0.15) is 16.8 Å². The summed E-state index contributed by atoms with van der Waals surface area (Å²) < 4.78 is 5.92. The molecule has 17 heavy (non-hydrogen) atoms. The molecular weight excluding hydrogens is 302 g/mol. The van der Waals surface area contributed by atoms with Crippen LogP contribution < -0.4 is 10.1 Å². The molecule has 0 aromatic heterocycles. The van der Waals surface area contributed by atoms with E-state index < -0.39 is 0 Å². The molecule has 1 unspecified atom stereocenters. The highest BCUT2D eigenvalue weighted by Crippen LogP contribution is 2.23. The molecular formula is C12H14BrNO2S. The number of hydrogen-bond donors (Lipinski definition) is 1. The van der Waals surface area contributed by atoms with Crippen LogP contribution in [0.5, 0.6) is 5.75 Å². The Bertz CT molecular complexity index is 419. The van der Waals surface area contributed by atoms with Crippen molar-refractivity contribution in [3.05, 3.63) is 28.2 Å². The minimum absolute atomic E-state index is 0.0386. The molecule has 1 aromatic carbocycles. The molecule has 0 saturated carbocycles. The lowest BCUT2D eigenvalue weighted by molar-refractivity contribution is 0.0940. The fraction of sp³-hybridized carbons (Fsp3) is 0.417. The summed E-state index contributed by atoms with van der Waals surface area (Å²) >= 11 is 5.27. The highest BCUT2D eigenvalue weighted by atomic mass is 79.9. The van der Waals surface area contributed by atoms with Crippen LogP contribution in [0.3, 0.4) is 0 Å². The minimum atomic E-state index is -0.0386. The van der Waals surface area contributed by atoms with Gasteiger partial charge in [0.05, 0.1) is 12.7 Å². The second-order valence-electron chi connectivity index (χ2n) is 3.88. The Labute approximate surface area is 113 Å². The second-order valence-corrected chi connectivity index (χ2v) is 5.88. The number of rotatable bonds is 3. The van der Waals surface area contributed by atoms with Gasteiger partial charge in [-0.25, -0.2) is 0 Å². The van der Waals surface area contributed by atoms with Crippen molar-refractivity contribution in [3.8, 4) is 5.75 Å². The highest BCUT2D eigenvalue weighted by Gasteiger charge is 2.19. The molecule has 0 bridgehead atoms. The number of ether oxygens (including phenoxy) is 1. The SMILES string of the molecule is COc1ccc(Br)c(C(=O)NC2CCSC2)c1. The van der Waals surface area contributed by atoms with Gasteiger partial charge in [-0.2, -0.15) is 11.8 Å². The smallest absolute Gasteiger partial charge is 0.252 e. The fourth-order valence-electron chi connectivity index (χ4n) is 1.72. The first kappa shape index (κ1) is 12.8. The molecule has 92 valence electrons. The zero-order valence-electron chi connectivity index (χ0n) is 9.53. The van der Waals surface area contributed by atoms with Crippen molar-refractivity contribution in [2.45, 2.75) is 12.5 Å². The summed E-state index contributed by atoms with van der Waals surface area (Å²) in [6.07, 6.45) is 1.05. The van der Waals surface area contributed by atoms with Crippen LogP contribution in [0.15, 0.2) is 22.7 Å². The monoisotopic (exact) mass is 315 g/mol. The van der Waals surface area contributed by atoms with Crippen molar-refractivity contribution < 1.29 is 9.53 Å². The Morgan fingerprint density at radius 3 is 3.06 bits per heavy atom. The molecule has 0 spiro atoms. The van der Waals surface area contributed by atoms with Crippen molar-refractivity contribution >= 4 is 33.6 Å². The number of hydrogen-bond acceptors (Lipinski definition) is 3. The lowest BCUT2D eigenvalue weighted by Gasteiger charge is -2.12. The first-order valence-corrected chi connectivity index (χ1v) is 7.37. The molecule has 5 heteroatoms. The maximum absolute atomic E-state index is 12.1. The van der Waals surface area contributed by atoms with E-state index in [0.717, 1.165) is 22.4 Å². The summed E-state index contributed by atoms with van der Waals surface area (Å²) in [6, 6.07) is 5.70. The number of methoxy groups -OCH3 is 1. The number of halogens is 1. The van der Waals surface area contributed by atoms with Crippen LogP contribution in [-0.4, -0.2) is 30.6 Å². The molecule has 1 atom stereocenters. The van der Waals surface area contributed by atoms with Crippen molar-refractivity contribution in [1.29, 1.82) is 0 Å². The van der Waals surface area contributed by atoms with Crippen LogP contribution in [0.4, 0.5) is 0 Å². The molecule has 2 rings (SSSR count). The highest BCUT2D eigenvalue weighted by molar-refractivity contribution is 9.10. The summed E-state index contributed by atoms with van der Waals surface area (Å²) in [4.78, 5) is 12.1. The molecule has 1 aliphatic rings. The van der Waals surface area contributed by atoms with Crippen LogP contribution >= 0.6 is 27.7 Å². The number of nitrogens with one attached hydrogen (secondary N) is 1. The largest absolute Gasteiger partial charge is 0.497 e. The molecule has 0 aliphatic carbocycles. The summed E-state index contributed by atoms with van der Waals surface area (Å²) in [7, 11) is 1.60.